The normalized spacial score (nSPS) is 11.5. The van der Waals surface area contributed by atoms with Crippen molar-refractivity contribution in [2.45, 2.75) is 58.4 Å². The number of benzene rings is 1. The molecule has 0 bridgehead atoms. The lowest BCUT2D eigenvalue weighted by Crippen LogP contribution is -2.40. The molecular formula is C27H40N5O2S+. The van der Waals surface area contributed by atoms with Crippen LogP contribution in [-0.2, 0) is 6.42 Å². The number of amides is 1. The molecule has 0 fully saturated rings. The number of carbonyl (C=O) groups is 1. The number of carbonyl (C=O) groups excluding carboxylic acids is 1. The first-order valence-corrected chi connectivity index (χ1v) is 13.7. The summed E-state index contributed by atoms with van der Waals surface area (Å²) in [4.78, 5) is 19.0. The summed E-state index contributed by atoms with van der Waals surface area (Å²) in [6, 6.07) is 15.4. The van der Waals surface area contributed by atoms with Crippen LogP contribution in [0.1, 0.15) is 61.9 Å². The molecule has 2 rings (SSSR count). The van der Waals surface area contributed by atoms with E-state index in [9.17, 15) is 15.2 Å². The molecule has 0 aliphatic heterocycles. The average molecular weight is 499 g/mol. The van der Waals surface area contributed by atoms with Crippen LogP contribution in [0.2, 0.25) is 0 Å². The van der Waals surface area contributed by atoms with Crippen molar-refractivity contribution in [3.05, 3.63) is 53.6 Å². The maximum Gasteiger partial charge on any atom is 0.252 e. The predicted octanol–water partition coefficient (Wildman–Crippen LogP) is 4.24. The molecule has 0 saturated heterocycles. The number of aliphatic hydroxyl groups excluding tert-OH is 1. The molecule has 2 aromatic rings. The number of rotatable bonds is 16. The lowest BCUT2D eigenvalue weighted by atomic mass is 10.1. The molecule has 3 N–H and O–H groups in total. The highest BCUT2D eigenvalue weighted by Crippen LogP contribution is 2.22. The summed E-state index contributed by atoms with van der Waals surface area (Å²) in [5.41, 5.74) is 1.59. The van der Waals surface area contributed by atoms with E-state index in [1.807, 2.05) is 48.7 Å². The maximum absolute atomic E-state index is 13.3. The number of hydrogen-bond acceptors (Lipinski definition) is 6. The molecule has 190 valence electrons. The number of nitriles is 1. The quantitative estimate of drug-likeness (QED) is 0.266. The summed E-state index contributed by atoms with van der Waals surface area (Å²) in [5, 5.41) is 22.1. The minimum absolute atomic E-state index is 0.141. The van der Waals surface area contributed by atoms with Crippen LogP contribution in [0, 0.1) is 11.3 Å². The summed E-state index contributed by atoms with van der Waals surface area (Å²) in [5.74, 6) is 1.46. The zero-order valence-electron chi connectivity index (χ0n) is 21.3. The van der Waals surface area contributed by atoms with E-state index in [0.29, 0.717) is 24.9 Å². The van der Waals surface area contributed by atoms with Gasteiger partial charge < -0.3 is 10.4 Å². The van der Waals surface area contributed by atoms with Crippen LogP contribution in [0.15, 0.2) is 42.5 Å². The molecule has 0 aliphatic rings. The monoisotopic (exact) mass is 498 g/mol. The van der Waals surface area contributed by atoms with Crippen LogP contribution in [0.5, 0.6) is 0 Å². The first-order chi connectivity index (χ1) is 17.1. The van der Waals surface area contributed by atoms with E-state index >= 15 is 0 Å². The number of nitrogens with one attached hydrogen (secondary N) is 2. The topological polar surface area (TPSA) is 93.7 Å². The van der Waals surface area contributed by atoms with E-state index < -0.39 is 0 Å². The molecule has 0 aliphatic carbocycles. The Morgan fingerprint density at radius 1 is 1.11 bits per heavy atom. The molecule has 1 atom stereocenters. The molecule has 8 heteroatoms. The van der Waals surface area contributed by atoms with E-state index in [0.717, 1.165) is 56.0 Å². The van der Waals surface area contributed by atoms with Gasteiger partial charge in [0.25, 0.3) is 5.91 Å². The van der Waals surface area contributed by atoms with Gasteiger partial charge in [0.15, 0.2) is 0 Å². The third-order valence-corrected chi connectivity index (χ3v) is 6.58. The lowest BCUT2D eigenvalue weighted by molar-refractivity contribution is -0.348. The highest BCUT2D eigenvalue weighted by Gasteiger charge is 2.23. The third-order valence-electron chi connectivity index (χ3n) is 5.76. The summed E-state index contributed by atoms with van der Waals surface area (Å²) >= 11 is 1.61. The summed E-state index contributed by atoms with van der Waals surface area (Å²) in [6.45, 7) is 6.41. The number of H-pyrrole nitrogens is 1. The molecule has 1 aromatic carbocycles. The summed E-state index contributed by atoms with van der Waals surface area (Å²) in [7, 11) is 0. The fraction of sp³-hybridized carbons (Fsp3) is 0.519. The van der Waals surface area contributed by atoms with Crippen molar-refractivity contribution in [2.75, 3.05) is 41.7 Å². The predicted molar refractivity (Wildman–Crippen MR) is 145 cm³/mol. The van der Waals surface area contributed by atoms with Gasteiger partial charge in [0, 0.05) is 30.3 Å². The number of anilines is 2. The SMILES string of the molecule is CCCCCN(CCC#N)c1cc(C(=O)NC(CO)Cc2ccccc2)cc(N(CCC)SC)[nH+]1. The molecule has 1 unspecified atom stereocenters. The first kappa shape index (κ1) is 28.5. The van der Waals surface area contributed by atoms with Crippen molar-refractivity contribution in [3.63, 3.8) is 0 Å². The third kappa shape index (κ3) is 9.42. The van der Waals surface area contributed by atoms with Gasteiger partial charge in [-0.15, -0.1) is 0 Å². The smallest absolute Gasteiger partial charge is 0.252 e. The number of aromatic nitrogens is 1. The number of hydrogen-bond donors (Lipinski definition) is 2. The Morgan fingerprint density at radius 2 is 1.86 bits per heavy atom. The van der Waals surface area contributed by atoms with Crippen LogP contribution in [0.4, 0.5) is 11.6 Å². The lowest BCUT2D eigenvalue weighted by Gasteiger charge is -2.22. The van der Waals surface area contributed by atoms with E-state index in [-0.39, 0.29) is 18.6 Å². The van der Waals surface area contributed by atoms with Gasteiger partial charge >= 0.3 is 0 Å². The van der Waals surface area contributed by atoms with E-state index in [1.54, 1.807) is 11.9 Å². The standard InChI is InChI=1S/C27H39N5O2S/c1-4-6-10-16-31(17-11-14-28)25-19-23(20-26(30-25)32(35-3)15-5-2)27(34)29-24(21-33)18-22-12-8-7-9-13-22/h7-9,12-13,19-20,24,33H,4-6,10-11,15-18,21H2,1-3H3,(H,29,34)/p+1. The van der Waals surface area contributed by atoms with Crippen LogP contribution in [0.3, 0.4) is 0 Å². The highest BCUT2D eigenvalue weighted by atomic mass is 32.2. The molecule has 35 heavy (non-hydrogen) atoms. The Hall–Kier alpha value is -2.76. The van der Waals surface area contributed by atoms with Crippen LogP contribution < -0.4 is 19.5 Å². The second-order valence-corrected chi connectivity index (χ2v) is 9.38. The Bertz CT molecular complexity index is 935. The van der Waals surface area contributed by atoms with Crippen molar-refractivity contribution < 1.29 is 14.9 Å². The molecule has 0 saturated carbocycles. The molecule has 1 heterocycles. The van der Waals surface area contributed by atoms with Crippen molar-refractivity contribution >= 4 is 29.5 Å². The fourth-order valence-electron chi connectivity index (χ4n) is 3.91. The summed E-state index contributed by atoms with van der Waals surface area (Å²) < 4.78 is 2.14. The molecular weight excluding hydrogens is 458 g/mol. The van der Waals surface area contributed by atoms with Crippen molar-refractivity contribution in [3.8, 4) is 6.07 Å². The number of aromatic amines is 1. The summed E-state index contributed by atoms with van der Waals surface area (Å²) in [6.07, 6.45) is 7.21. The van der Waals surface area contributed by atoms with Crippen LogP contribution in [-0.4, -0.2) is 49.6 Å². The zero-order valence-corrected chi connectivity index (χ0v) is 22.1. The second kappa shape index (κ2) is 16.0. The Labute approximate surface area is 214 Å². The number of unbranched alkanes of at least 4 members (excludes halogenated alkanes) is 2. The zero-order chi connectivity index (χ0) is 25.5. The molecule has 0 spiro atoms. The van der Waals surface area contributed by atoms with Crippen molar-refractivity contribution in [2.24, 2.45) is 0 Å². The fourth-order valence-corrected chi connectivity index (χ4v) is 4.57. The second-order valence-electron chi connectivity index (χ2n) is 8.57. The molecule has 7 nitrogen and oxygen atoms in total. The highest BCUT2D eigenvalue weighted by molar-refractivity contribution is 7.99. The minimum Gasteiger partial charge on any atom is -0.394 e. The number of pyridine rings is 1. The van der Waals surface area contributed by atoms with Gasteiger partial charge in [-0.3, -0.25) is 9.69 Å². The Morgan fingerprint density at radius 3 is 2.49 bits per heavy atom. The van der Waals surface area contributed by atoms with Crippen LogP contribution in [0.25, 0.3) is 0 Å². The molecule has 0 radical (unpaired) electrons. The molecule has 1 aromatic heterocycles. The average Bonchev–Trinajstić information content (AvgIpc) is 2.89. The van der Waals surface area contributed by atoms with Gasteiger partial charge in [0.2, 0.25) is 11.6 Å². The first-order valence-electron chi connectivity index (χ1n) is 12.5. The van der Waals surface area contributed by atoms with E-state index in [2.05, 4.69) is 39.4 Å². The number of aliphatic hydroxyl groups is 1. The van der Waals surface area contributed by atoms with Gasteiger partial charge in [0.05, 0.1) is 50.3 Å². The Balaban J connectivity index is 2.36. The molecule has 1 amide bonds. The van der Waals surface area contributed by atoms with E-state index in [1.165, 1.54) is 0 Å². The van der Waals surface area contributed by atoms with E-state index in [4.69, 9.17) is 0 Å². The van der Waals surface area contributed by atoms with Gasteiger partial charge in [-0.05, 0) is 24.8 Å². The largest absolute Gasteiger partial charge is 0.394 e. The maximum atomic E-state index is 13.3. The van der Waals surface area contributed by atoms with Gasteiger partial charge in [-0.2, -0.15) is 5.26 Å². The van der Waals surface area contributed by atoms with Gasteiger partial charge in [-0.25, -0.2) is 9.29 Å². The van der Waals surface area contributed by atoms with Gasteiger partial charge in [-0.1, -0.05) is 57.0 Å². The van der Waals surface area contributed by atoms with Crippen molar-refractivity contribution in [1.29, 1.82) is 5.26 Å². The van der Waals surface area contributed by atoms with Crippen molar-refractivity contribution in [1.82, 2.24) is 5.32 Å². The minimum atomic E-state index is -0.382. The van der Waals surface area contributed by atoms with Gasteiger partial charge in [0.1, 0.15) is 0 Å². The number of nitrogens with zero attached hydrogens (tertiary/aromatic N) is 3. The van der Waals surface area contributed by atoms with Crippen LogP contribution >= 0.6 is 11.9 Å². The Kier molecular flexibility index (Phi) is 13.0.